The van der Waals surface area contributed by atoms with Crippen molar-refractivity contribution < 1.29 is 5.11 Å². The zero-order valence-electron chi connectivity index (χ0n) is 8.93. The molecule has 3 rings (SSSR count). The summed E-state index contributed by atoms with van der Waals surface area (Å²) in [4.78, 5) is 8.24. The minimum Gasteiger partial charge on any atom is -0.387 e. The maximum Gasteiger partial charge on any atom is 0.107 e. The second kappa shape index (κ2) is 4.37. The summed E-state index contributed by atoms with van der Waals surface area (Å²) in [5.74, 6) is 0.894. The van der Waals surface area contributed by atoms with E-state index in [4.69, 9.17) is 11.6 Å². The quantitative estimate of drug-likeness (QED) is 0.879. The van der Waals surface area contributed by atoms with Crippen molar-refractivity contribution in [2.24, 2.45) is 0 Å². The number of nitrogens with zero attached hydrogens (tertiary/aromatic N) is 1. The zero-order chi connectivity index (χ0) is 11.8. The molecule has 0 bridgehead atoms. The van der Waals surface area contributed by atoms with Crippen LogP contribution in [0.2, 0.25) is 5.02 Å². The summed E-state index contributed by atoms with van der Waals surface area (Å²) in [7, 11) is 0. The van der Waals surface area contributed by atoms with E-state index in [1.165, 1.54) is 0 Å². The Hall–Kier alpha value is -0.970. The highest BCUT2D eigenvalue weighted by Crippen LogP contribution is 2.48. The number of aromatic nitrogens is 2. The van der Waals surface area contributed by atoms with Gasteiger partial charge in [0.25, 0.3) is 0 Å². The van der Waals surface area contributed by atoms with Crippen LogP contribution in [0, 0.1) is 0 Å². The highest BCUT2D eigenvalue weighted by atomic mass is 35.5. The van der Waals surface area contributed by atoms with Crippen molar-refractivity contribution in [2.45, 2.75) is 22.7 Å². The van der Waals surface area contributed by atoms with Crippen molar-refractivity contribution in [1.82, 2.24) is 9.97 Å². The van der Waals surface area contributed by atoms with Crippen LogP contribution in [0.3, 0.4) is 0 Å². The number of rotatable bonds is 2. The van der Waals surface area contributed by atoms with Gasteiger partial charge in [-0.25, -0.2) is 4.98 Å². The van der Waals surface area contributed by atoms with Crippen molar-refractivity contribution in [2.75, 3.05) is 0 Å². The highest BCUT2D eigenvalue weighted by Gasteiger charge is 2.33. The molecule has 3 nitrogen and oxygen atoms in total. The van der Waals surface area contributed by atoms with E-state index >= 15 is 0 Å². The number of halogens is 1. The molecule has 0 aliphatic carbocycles. The summed E-state index contributed by atoms with van der Waals surface area (Å²) in [5, 5.41) is 11.0. The van der Waals surface area contributed by atoms with Crippen molar-refractivity contribution in [3.8, 4) is 0 Å². The molecule has 0 unspecified atom stereocenters. The number of aromatic amines is 1. The smallest absolute Gasteiger partial charge is 0.107 e. The summed E-state index contributed by atoms with van der Waals surface area (Å²) < 4.78 is 0. The fraction of sp³-hybridized carbons (Fsp3) is 0.250. The molecule has 0 saturated heterocycles. The third-order valence-corrected chi connectivity index (χ3v) is 4.73. The first kappa shape index (κ1) is 11.1. The summed E-state index contributed by atoms with van der Waals surface area (Å²) >= 11 is 7.75. The predicted octanol–water partition coefficient (Wildman–Crippen LogP) is 2.81. The van der Waals surface area contributed by atoms with Crippen LogP contribution in [-0.4, -0.2) is 20.3 Å². The molecule has 5 heteroatoms. The van der Waals surface area contributed by atoms with Crippen molar-refractivity contribution in [3.05, 3.63) is 47.0 Å². The summed E-state index contributed by atoms with van der Waals surface area (Å²) in [6.07, 6.45) is 3.76. The summed E-state index contributed by atoms with van der Waals surface area (Å²) in [5.41, 5.74) is 0.930. The van der Waals surface area contributed by atoms with E-state index in [-0.39, 0.29) is 5.25 Å². The third kappa shape index (κ3) is 1.97. The van der Waals surface area contributed by atoms with Gasteiger partial charge < -0.3 is 10.1 Å². The Morgan fingerprint density at radius 3 is 3.06 bits per heavy atom. The maximum absolute atomic E-state index is 10.2. The van der Waals surface area contributed by atoms with Gasteiger partial charge >= 0.3 is 0 Å². The Labute approximate surface area is 108 Å². The molecule has 2 N–H and O–H groups in total. The molecule has 1 aromatic carbocycles. The van der Waals surface area contributed by atoms with Gasteiger partial charge in [-0.3, -0.25) is 0 Å². The minimum atomic E-state index is -0.473. The number of aliphatic hydroxyl groups excluding tert-OH is 1. The van der Waals surface area contributed by atoms with Crippen LogP contribution in [0.15, 0.2) is 35.5 Å². The summed E-state index contributed by atoms with van der Waals surface area (Å²) in [6.45, 7) is 0. The van der Waals surface area contributed by atoms with Crippen molar-refractivity contribution in [1.29, 1.82) is 0 Å². The highest BCUT2D eigenvalue weighted by molar-refractivity contribution is 8.00. The van der Waals surface area contributed by atoms with Crippen LogP contribution in [0.5, 0.6) is 0 Å². The van der Waals surface area contributed by atoms with Gasteiger partial charge in [-0.2, -0.15) is 0 Å². The SMILES string of the molecule is O[C@H]1c2cccc(Cl)c2S[C@H]1Cc1ncc[nH]1. The van der Waals surface area contributed by atoms with Gasteiger partial charge in [0.1, 0.15) is 5.82 Å². The lowest BCUT2D eigenvalue weighted by molar-refractivity contribution is 0.175. The number of H-pyrrole nitrogens is 1. The predicted molar refractivity (Wildman–Crippen MR) is 68.3 cm³/mol. The number of benzene rings is 1. The van der Waals surface area contributed by atoms with Gasteiger partial charge in [-0.05, 0) is 11.6 Å². The first-order valence-electron chi connectivity index (χ1n) is 5.37. The molecule has 0 fully saturated rings. The number of hydrogen-bond donors (Lipinski definition) is 2. The Bertz CT molecular complexity index is 529. The van der Waals surface area contributed by atoms with Crippen molar-refractivity contribution >= 4 is 23.4 Å². The lowest BCUT2D eigenvalue weighted by Crippen LogP contribution is -2.13. The molecule has 17 heavy (non-hydrogen) atoms. The number of aliphatic hydroxyl groups is 1. The molecule has 2 heterocycles. The van der Waals surface area contributed by atoms with Gasteiger partial charge in [0.2, 0.25) is 0 Å². The number of hydrogen-bond acceptors (Lipinski definition) is 3. The molecular weight excluding hydrogens is 256 g/mol. The van der Waals surface area contributed by atoms with Crippen LogP contribution in [0.1, 0.15) is 17.5 Å². The Kier molecular flexibility index (Phi) is 2.86. The van der Waals surface area contributed by atoms with E-state index in [0.717, 1.165) is 16.3 Å². The van der Waals surface area contributed by atoms with Gasteiger partial charge in [0.05, 0.1) is 11.1 Å². The maximum atomic E-state index is 10.2. The standard InChI is InChI=1S/C12H11ClN2OS/c13-8-3-1-2-7-11(16)9(17-12(7)8)6-10-14-4-5-15-10/h1-5,9,11,16H,6H2,(H,14,15)/t9-,11-/m0/s1. The van der Waals surface area contributed by atoms with E-state index in [2.05, 4.69) is 9.97 Å². The molecular formula is C12H11ClN2OS. The topological polar surface area (TPSA) is 48.9 Å². The van der Waals surface area contributed by atoms with Crippen LogP contribution >= 0.6 is 23.4 Å². The van der Waals surface area contributed by atoms with E-state index in [1.54, 1.807) is 24.2 Å². The fourth-order valence-electron chi connectivity index (χ4n) is 2.05. The largest absolute Gasteiger partial charge is 0.387 e. The molecule has 1 aliphatic heterocycles. The average molecular weight is 267 g/mol. The second-order valence-corrected chi connectivity index (χ2v) is 5.66. The summed E-state index contributed by atoms with van der Waals surface area (Å²) in [6, 6.07) is 5.66. The molecule has 0 amide bonds. The first-order valence-corrected chi connectivity index (χ1v) is 6.63. The fourth-order valence-corrected chi connectivity index (χ4v) is 3.69. The molecule has 88 valence electrons. The van der Waals surface area contributed by atoms with Crippen LogP contribution in [0.25, 0.3) is 0 Å². The lowest BCUT2D eigenvalue weighted by Gasteiger charge is -2.12. The number of fused-ring (bicyclic) bond motifs is 1. The zero-order valence-corrected chi connectivity index (χ0v) is 10.5. The van der Waals surface area contributed by atoms with E-state index < -0.39 is 6.10 Å². The number of nitrogens with one attached hydrogen (secondary N) is 1. The minimum absolute atomic E-state index is 0.0797. The van der Waals surface area contributed by atoms with Gasteiger partial charge in [0.15, 0.2) is 0 Å². The average Bonchev–Trinajstić information content (AvgIpc) is 2.92. The Balaban J connectivity index is 1.86. The van der Waals surface area contributed by atoms with E-state index in [0.29, 0.717) is 11.4 Å². The monoisotopic (exact) mass is 266 g/mol. The number of imidazole rings is 1. The first-order chi connectivity index (χ1) is 8.25. The lowest BCUT2D eigenvalue weighted by atomic mass is 10.0. The Morgan fingerprint density at radius 1 is 1.47 bits per heavy atom. The molecule has 0 spiro atoms. The molecule has 1 aliphatic rings. The molecule has 0 radical (unpaired) electrons. The van der Waals surface area contributed by atoms with Gasteiger partial charge in [-0.15, -0.1) is 11.8 Å². The van der Waals surface area contributed by atoms with E-state index in [9.17, 15) is 5.11 Å². The molecule has 2 aromatic rings. The van der Waals surface area contributed by atoms with Gasteiger partial charge in [0, 0.05) is 29.0 Å². The van der Waals surface area contributed by atoms with E-state index in [1.807, 2.05) is 18.2 Å². The van der Waals surface area contributed by atoms with Crippen molar-refractivity contribution in [3.63, 3.8) is 0 Å². The van der Waals surface area contributed by atoms with Crippen LogP contribution in [-0.2, 0) is 6.42 Å². The van der Waals surface area contributed by atoms with Crippen LogP contribution in [0.4, 0.5) is 0 Å². The molecule has 2 atom stereocenters. The molecule has 1 aromatic heterocycles. The number of thioether (sulfide) groups is 1. The Morgan fingerprint density at radius 2 is 2.35 bits per heavy atom. The second-order valence-electron chi connectivity index (χ2n) is 4.00. The normalized spacial score (nSPS) is 22.7. The van der Waals surface area contributed by atoms with Gasteiger partial charge in [-0.1, -0.05) is 23.7 Å². The van der Waals surface area contributed by atoms with Crippen LogP contribution < -0.4 is 0 Å². The third-order valence-electron chi connectivity index (χ3n) is 2.89. The molecule has 0 saturated carbocycles.